The molecule has 0 aliphatic carbocycles. The summed E-state index contributed by atoms with van der Waals surface area (Å²) in [6.07, 6.45) is 0.795. The van der Waals surface area contributed by atoms with E-state index in [1.54, 1.807) is 0 Å². The highest BCUT2D eigenvalue weighted by molar-refractivity contribution is 5.81. The summed E-state index contributed by atoms with van der Waals surface area (Å²) < 4.78 is 7.79. The van der Waals surface area contributed by atoms with Gasteiger partial charge in [0.2, 0.25) is 5.91 Å². The van der Waals surface area contributed by atoms with Crippen LogP contribution in [0.3, 0.4) is 0 Å². The van der Waals surface area contributed by atoms with E-state index in [-0.39, 0.29) is 18.0 Å². The molecule has 7 heteroatoms. The Balaban J connectivity index is 1.44. The molecular formula is C18H23N5O2. The van der Waals surface area contributed by atoms with Crippen LogP contribution in [0.2, 0.25) is 0 Å². The van der Waals surface area contributed by atoms with Crippen LogP contribution in [0.25, 0.3) is 0 Å². The maximum absolute atomic E-state index is 12.8. The molecule has 1 aromatic carbocycles. The smallest absolute Gasteiger partial charge is 0.237 e. The van der Waals surface area contributed by atoms with Crippen molar-refractivity contribution in [2.75, 3.05) is 13.2 Å². The van der Waals surface area contributed by atoms with Gasteiger partial charge in [0.25, 0.3) is 0 Å². The van der Waals surface area contributed by atoms with Crippen LogP contribution in [-0.2, 0) is 17.9 Å². The van der Waals surface area contributed by atoms with E-state index in [2.05, 4.69) is 25.0 Å². The Morgan fingerprint density at radius 3 is 3.04 bits per heavy atom. The number of hydrogen-bond donors (Lipinski definition) is 1. The number of benzene rings is 1. The average molecular weight is 341 g/mol. The van der Waals surface area contributed by atoms with Crippen molar-refractivity contribution in [1.29, 1.82) is 0 Å². The Morgan fingerprint density at radius 2 is 2.16 bits per heavy atom. The lowest BCUT2D eigenvalue weighted by Gasteiger charge is -2.33. The van der Waals surface area contributed by atoms with Gasteiger partial charge in [0.05, 0.1) is 25.2 Å². The molecule has 0 unspecified atom stereocenters. The van der Waals surface area contributed by atoms with Crippen LogP contribution < -0.4 is 10.1 Å². The second-order valence-corrected chi connectivity index (χ2v) is 6.70. The van der Waals surface area contributed by atoms with Crippen molar-refractivity contribution >= 4 is 5.91 Å². The third-order valence-electron chi connectivity index (χ3n) is 5.17. The fourth-order valence-corrected chi connectivity index (χ4v) is 3.60. The molecule has 0 fully saturated rings. The Morgan fingerprint density at radius 1 is 1.32 bits per heavy atom. The number of carbonyl (C=O) groups is 1. The Bertz CT molecular complexity index is 788. The molecule has 1 aromatic heterocycles. The van der Waals surface area contributed by atoms with E-state index in [1.165, 1.54) is 0 Å². The van der Waals surface area contributed by atoms with Crippen LogP contribution in [0.15, 0.2) is 24.3 Å². The molecular weight excluding hydrogens is 318 g/mol. The van der Waals surface area contributed by atoms with Gasteiger partial charge in [0, 0.05) is 25.1 Å². The summed E-state index contributed by atoms with van der Waals surface area (Å²) in [5.41, 5.74) is 1.06. The van der Waals surface area contributed by atoms with E-state index in [0.29, 0.717) is 13.2 Å². The fraction of sp³-hybridized carbons (Fsp3) is 0.500. The van der Waals surface area contributed by atoms with Crippen LogP contribution >= 0.6 is 0 Å². The zero-order chi connectivity index (χ0) is 17.4. The number of hydrogen-bond acceptors (Lipinski definition) is 5. The second kappa shape index (κ2) is 6.48. The molecule has 0 spiro atoms. The number of aryl methyl sites for hydroxylation is 1. The largest absolute Gasteiger partial charge is 0.493 e. The Hall–Kier alpha value is -2.41. The number of aromatic nitrogens is 3. The first-order chi connectivity index (χ1) is 12.1. The van der Waals surface area contributed by atoms with Crippen molar-refractivity contribution in [2.24, 2.45) is 0 Å². The van der Waals surface area contributed by atoms with Gasteiger partial charge in [0.15, 0.2) is 0 Å². The van der Waals surface area contributed by atoms with Crippen LogP contribution in [0.4, 0.5) is 0 Å². The predicted octanol–water partition coefficient (Wildman–Crippen LogP) is 1.43. The summed E-state index contributed by atoms with van der Waals surface area (Å²) in [5, 5.41) is 11.5. The van der Waals surface area contributed by atoms with Crippen molar-refractivity contribution < 1.29 is 9.53 Å². The summed E-state index contributed by atoms with van der Waals surface area (Å²) >= 11 is 0. The third kappa shape index (κ3) is 3.00. The fourth-order valence-electron chi connectivity index (χ4n) is 3.60. The third-order valence-corrected chi connectivity index (χ3v) is 5.17. The SMILES string of the molecule is Cc1nnc2n1CCN([C@H](C)C(=O)N[C@@H]1CCOc3ccccc31)C2. The minimum atomic E-state index is -0.208. The van der Waals surface area contributed by atoms with Gasteiger partial charge >= 0.3 is 0 Å². The van der Waals surface area contributed by atoms with Gasteiger partial charge < -0.3 is 14.6 Å². The van der Waals surface area contributed by atoms with E-state index >= 15 is 0 Å². The molecule has 132 valence electrons. The van der Waals surface area contributed by atoms with E-state index in [0.717, 1.165) is 42.5 Å². The molecule has 4 rings (SSSR count). The molecule has 3 heterocycles. The molecule has 2 aliphatic heterocycles. The molecule has 0 radical (unpaired) electrons. The molecule has 1 amide bonds. The van der Waals surface area contributed by atoms with Gasteiger partial charge in [-0.3, -0.25) is 9.69 Å². The van der Waals surface area contributed by atoms with Gasteiger partial charge in [-0.1, -0.05) is 18.2 Å². The van der Waals surface area contributed by atoms with Crippen molar-refractivity contribution in [1.82, 2.24) is 25.0 Å². The number of ether oxygens (including phenoxy) is 1. The molecule has 2 atom stereocenters. The number of fused-ring (bicyclic) bond motifs is 2. The maximum atomic E-state index is 12.8. The lowest BCUT2D eigenvalue weighted by Crippen LogP contribution is -2.49. The van der Waals surface area contributed by atoms with Crippen molar-refractivity contribution in [3.63, 3.8) is 0 Å². The van der Waals surface area contributed by atoms with Crippen molar-refractivity contribution in [2.45, 2.75) is 45.4 Å². The quantitative estimate of drug-likeness (QED) is 0.914. The highest BCUT2D eigenvalue weighted by Crippen LogP contribution is 2.31. The van der Waals surface area contributed by atoms with E-state index in [4.69, 9.17) is 4.74 Å². The molecule has 0 bridgehead atoms. The van der Waals surface area contributed by atoms with E-state index < -0.39 is 0 Å². The van der Waals surface area contributed by atoms with Crippen molar-refractivity contribution in [3.8, 4) is 5.75 Å². The summed E-state index contributed by atoms with van der Waals surface area (Å²) in [6, 6.07) is 7.72. The van der Waals surface area contributed by atoms with Crippen molar-refractivity contribution in [3.05, 3.63) is 41.5 Å². The summed E-state index contributed by atoms with van der Waals surface area (Å²) in [7, 11) is 0. The topological polar surface area (TPSA) is 72.3 Å². The van der Waals surface area contributed by atoms with Crippen LogP contribution in [0, 0.1) is 6.92 Å². The predicted molar refractivity (Wildman–Crippen MR) is 92.1 cm³/mol. The normalized spacial score (nSPS) is 21.0. The number of rotatable bonds is 3. The van der Waals surface area contributed by atoms with Gasteiger partial charge in [-0.2, -0.15) is 0 Å². The average Bonchev–Trinajstić information content (AvgIpc) is 3.02. The molecule has 0 saturated carbocycles. The number of para-hydroxylation sites is 1. The molecule has 2 aromatic rings. The molecule has 2 aliphatic rings. The lowest BCUT2D eigenvalue weighted by atomic mass is 10.00. The monoisotopic (exact) mass is 341 g/mol. The maximum Gasteiger partial charge on any atom is 0.237 e. The summed E-state index contributed by atoms with van der Waals surface area (Å²) in [5.74, 6) is 2.78. The first-order valence-electron chi connectivity index (χ1n) is 8.78. The second-order valence-electron chi connectivity index (χ2n) is 6.70. The minimum Gasteiger partial charge on any atom is -0.493 e. The molecule has 7 nitrogen and oxygen atoms in total. The van der Waals surface area contributed by atoms with E-state index in [1.807, 2.05) is 38.1 Å². The Labute approximate surface area is 147 Å². The first-order valence-corrected chi connectivity index (χ1v) is 8.78. The van der Waals surface area contributed by atoms with Gasteiger partial charge in [-0.05, 0) is 19.9 Å². The van der Waals surface area contributed by atoms with E-state index in [9.17, 15) is 4.79 Å². The van der Waals surface area contributed by atoms with Crippen LogP contribution in [-0.4, -0.2) is 44.8 Å². The highest BCUT2D eigenvalue weighted by atomic mass is 16.5. The zero-order valence-electron chi connectivity index (χ0n) is 14.6. The molecule has 1 N–H and O–H groups in total. The first kappa shape index (κ1) is 16.1. The summed E-state index contributed by atoms with van der Waals surface area (Å²) in [6.45, 7) is 6.85. The number of nitrogens with one attached hydrogen (secondary N) is 1. The zero-order valence-corrected chi connectivity index (χ0v) is 14.6. The van der Waals surface area contributed by atoms with Crippen LogP contribution in [0.1, 0.15) is 36.6 Å². The highest BCUT2D eigenvalue weighted by Gasteiger charge is 2.30. The van der Waals surface area contributed by atoms with Gasteiger partial charge in [-0.25, -0.2) is 0 Å². The Kier molecular flexibility index (Phi) is 4.17. The lowest BCUT2D eigenvalue weighted by molar-refractivity contribution is -0.127. The van der Waals surface area contributed by atoms with Gasteiger partial charge in [0.1, 0.15) is 17.4 Å². The molecule has 25 heavy (non-hydrogen) atoms. The van der Waals surface area contributed by atoms with Gasteiger partial charge in [-0.15, -0.1) is 10.2 Å². The molecule has 0 saturated heterocycles. The number of carbonyl (C=O) groups excluding carboxylic acids is 1. The number of amides is 1. The minimum absolute atomic E-state index is 0.00980. The summed E-state index contributed by atoms with van der Waals surface area (Å²) in [4.78, 5) is 15.0. The number of nitrogens with zero attached hydrogens (tertiary/aromatic N) is 4. The standard InChI is InChI=1S/C18H23N5O2/c1-12(22-8-9-23-13(2)20-21-17(23)11-22)18(24)19-15-7-10-25-16-6-4-3-5-14(15)16/h3-6,12,15H,7-11H2,1-2H3,(H,19,24)/t12-,15-/m1/s1. The van der Waals surface area contributed by atoms with Crippen LogP contribution in [0.5, 0.6) is 5.75 Å².